The van der Waals surface area contributed by atoms with Crippen LogP contribution in [0.25, 0.3) is 0 Å². The Balaban J connectivity index is 2.94. The molecule has 34 heavy (non-hydrogen) atoms. The Labute approximate surface area is 195 Å². The number of aliphatic carboxylic acids is 5. The fourth-order valence-corrected chi connectivity index (χ4v) is 3.34. The molecule has 0 unspecified atom stereocenters. The van der Waals surface area contributed by atoms with Gasteiger partial charge in [-0.2, -0.15) is 0 Å². The first-order chi connectivity index (χ1) is 16.0. The van der Waals surface area contributed by atoms with Gasteiger partial charge in [0.05, 0.1) is 26.2 Å². The molecule has 0 aliphatic rings. The van der Waals surface area contributed by atoms with Crippen molar-refractivity contribution in [2.75, 3.05) is 52.4 Å². The molecule has 13 nitrogen and oxygen atoms in total. The maximum atomic E-state index is 11.9. The third-order valence-electron chi connectivity index (χ3n) is 4.85. The van der Waals surface area contributed by atoms with E-state index in [9.17, 15) is 39.3 Å². The largest absolute Gasteiger partial charge is 0.480 e. The molecule has 0 saturated carbocycles. The molecule has 13 heteroatoms. The number of nitrogens with zero attached hydrogens (tertiary/aromatic N) is 3. The van der Waals surface area contributed by atoms with Crippen molar-refractivity contribution >= 4 is 29.8 Å². The molecule has 0 bridgehead atoms. The van der Waals surface area contributed by atoms with E-state index >= 15 is 0 Å². The predicted molar refractivity (Wildman–Crippen MR) is 117 cm³/mol. The molecule has 188 valence electrons. The van der Waals surface area contributed by atoms with E-state index < -0.39 is 62.1 Å². The van der Waals surface area contributed by atoms with Gasteiger partial charge in [0.1, 0.15) is 6.04 Å². The molecule has 0 heterocycles. The summed E-state index contributed by atoms with van der Waals surface area (Å²) >= 11 is 0. The highest BCUT2D eigenvalue weighted by Crippen LogP contribution is 2.10. The molecule has 0 spiro atoms. The van der Waals surface area contributed by atoms with Gasteiger partial charge in [-0.05, 0) is 12.0 Å². The van der Waals surface area contributed by atoms with E-state index in [0.29, 0.717) is 5.56 Å². The van der Waals surface area contributed by atoms with Crippen LogP contribution in [0.2, 0.25) is 0 Å². The lowest BCUT2D eigenvalue weighted by molar-refractivity contribution is -0.147. The Morgan fingerprint density at radius 3 is 1.53 bits per heavy atom. The van der Waals surface area contributed by atoms with Crippen molar-refractivity contribution < 1.29 is 49.5 Å². The summed E-state index contributed by atoms with van der Waals surface area (Å²) in [5.41, 5.74) is 0.686. The van der Waals surface area contributed by atoms with Crippen LogP contribution in [0.15, 0.2) is 30.3 Å². The Bertz CT molecular complexity index is 832. The van der Waals surface area contributed by atoms with Crippen LogP contribution >= 0.6 is 0 Å². The van der Waals surface area contributed by atoms with Crippen LogP contribution in [0.3, 0.4) is 0 Å². The summed E-state index contributed by atoms with van der Waals surface area (Å²) in [5.74, 6) is -6.18. The standard InChI is InChI=1S/C21H29N3O10/c25-17(26)11-22(6-7-23(12-18(27)28)13-19(29)30)8-9-24(14-20(31)32)16(21(33)34)10-15-4-2-1-3-5-15/h1-5,16H,6-14H2,(H,25,26)(H,27,28)(H,29,30)(H,31,32)(H,33,34)/t16-/m0/s1. The summed E-state index contributed by atoms with van der Waals surface area (Å²) in [4.78, 5) is 60.2. The van der Waals surface area contributed by atoms with Gasteiger partial charge in [-0.1, -0.05) is 30.3 Å². The topological polar surface area (TPSA) is 196 Å². The minimum Gasteiger partial charge on any atom is -0.480 e. The number of carboxylic acid groups (broad SMARTS) is 5. The molecule has 0 aliphatic carbocycles. The van der Waals surface area contributed by atoms with E-state index in [4.69, 9.17) is 10.2 Å². The minimum atomic E-state index is -1.25. The molecule has 1 rings (SSSR count). The van der Waals surface area contributed by atoms with Gasteiger partial charge in [0.15, 0.2) is 0 Å². The SMILES string of the molecule is O=C(O)CN(CCN(CC(=O)O)CC(=O)O)CCN(CC(=O)O)[C@@H](Cc1ccccc1)C(=O)O. The second-order valence-corrected chi connectivity index (χ2v) is 7.58. The average Bonchev–Trinajstić information content (AvgIpc) is 2.72. The number of hydrogen-bond acceptors (Lipinski definition) is 8. The second-order valence-electron chi connectivity index (χ2n) is 7.58. The molecule has 1 aromatic rings. The number of benzene rings is 1. The number of carboxylic acids is 5. The van der Waals surface area contributed by atoms with E-state index in [1.165, 1.54) is 9.80 Å². The third-order valence-corrected chi connectivity index (χ3v) is 4.85. The maximum absolute atomic E-state index is 11.9. The summed E-state index contributed by atoms with van der Waals surface area (Å²) in [6.45, 7) is -2.41. The zero-order valence-corrected chi connectivity index (χ0v) is 18.4. The number of rotatable bonds is 18. The Kier molecular flexibility index (Phi) is 12.2. The van der Waals surface area contributed by atoms with E-state index in [0.717, 1.165) is 4.90 Å². The summed E-state index contributed by atoms with van der Waals surface area (Å²) in [5, 5.41) is 46.1. The van der Waals surface area contributed by atoms with Gasteiger partial charge in [0.25, 0.3) is 0 Å². The van der Waals surface area contributed by atoms with Crippen molar-refractivity contribution in [1.29, 1.82) is 0 Å². The van der Waals surface area contributed by atoms with Crippen LogP contribution in [-0.2, 0) is 30.4 Å². The first kappa shape index (κ1) is 28.5. The maximum Gasteiger partial charge on any atom is 0.321 e. The first-order valence-corrected chi connectivity index (χ1v) is 10.3. The highest BCUT2D eigenvalue weighted by molar-refractivity contribution is 5.76. The monoisotopic (exact) mass is 483 g/mol. The predicted octanol–water partition coefficient (Wildman–Crippen LogP) is -1.07. The Morgan fingerprint density at radius 1 is 0.618 bits per heavy atom. The summed E-state index contributed by atoms with van der Waals surface area (Å²) < 4.78 is 0. The minimum absolute atomic E-state index is 0.0236. The van der Waals surface area contributed by atoms with Gasteiger partial charge < -0.3 is 25.5 Å². The second kappa shape index (κ2) is 14.6. The lowest BCUT2D eigenvalue weighted by Crippen LogP contribution is -2.49. The third kappa shape index (κ3) is 11.9. The zero-order chi connectivity index (χ0) is 25.7. The van der Waals surface area contributed by atoms with E-state index in [1.54, 1.807) is 30.3 Å². The molecule has 0 radical (unpaired) electrons. The van der Waals surface area contributed by atoms with Crippen LogP contribution in [0.4, 0.5) is 0 Å². The lowest BCUT2D eigenvalue weighted by Gasteiger charge is -2.31. The summed E-state index contributed by atoms with van der Waals surface area (Å²) in [7, 11) is 0. The zero-order valence-electron chi connectivity index (χ0n) is 18.4. The van der Waals surface area contributed by atoms with Crippen LogP contribution in [0, 0.1) is 0 Å². The summed E-state index contributed by atoms with van der Waals surface area (Å²) in [6, 6.07) is 7.46. The van der Waals surface area contributed by atoms with Gasteiger partial charge in [-0.15, -0.1) is 0 Å². The number of carbonyl (C=O) groups is 5. The fourth-order valence-electron chi connectivity index (χ4n) is 3.34. The van der Waals surface area contributed by atoms with Gasteiger partial charge >= 0.3 is 29.8 Å². The highest BCUT2D eigenvalue weighted by atomic mass is 16.4. The summed E-state index contributed by atoms with van der Waals surface area (Å²) in [6.07, 6.45) is 0.0351. The molecule has 1 atom stereocenters. The average molecular weight is 483 g/mol. The molecule has 0 aliphatic heterocycles. The van der Waals surface area contributed by atoms with Crippen LogP contribution in [0.5, 0.6) is 0 Å². The number of hydrogen-bond donors (Lipinski definition) is 5. The van der Waals surface area contributed by atoms with E-state index in [1.807, 2.05) is 0 Å². The molecule has 0 saturated heterocycles. The molecule has 0 amide bonds. The van der Waals surface area contributed by atoms with E-state index in [2.05, 4.69) is 0 Å². The lowest BCUT2D eigenvalue weighted by atomic mass is 10.0. The Morgan fingerprint density at radius 2 is 1.06 bits per heavy atom. The van der Waals surface area contributed by atoms with Gasteiger partial charge in [0.2, 0.25) is 0 Å². The first-order valence-electron chi connectivity index (χ1n) is 10.3. The van der Waals surface area contributed by atoms with Gasteiger partial charge in [-0.25, -0.2) is 0 Å². The van der Waals surface area contributed by atoms with Crippen LogP contribution < -0.4 is 0 Å². The molecular formula is C21H29N3O10. The quantitative estimate of drug-likeness (QED) is 0.169. The van der Waals surface area contributed by atoms with Crippen LogP contribution in [-0.4, -0.2) is 128 Å². The molecule has 5 N–H and O–H groups in total. The van der Waals surface area contributed by atoms with Crippen molar-refractivity contribution in [3.05, 3.63) is 35.9 Å². The Hall–Kier alpha value is -3.55. The van der Waals surface area contributed by atoms with Crippen molar-refractivity contribution in [2.45, 2.75) is 12.5 Å². The van der Waals surface area contributed by atoms with Gasteiger partial charge in [0, 0.05) is 26.2 Å². The molecule has 1 aromatic carbocycles. The van der Waals surface area contributed by atoms with Crippen LogP contribution in [0.1, 0.15) is 5.56 Å². The highest BCUT2D eigenvalue weighted by Gasteiger charge is 2.28. The molecule has 0 fully saturated rings. The smallest absolute Gasteiger partial charge is 0.321 e. The van der Waals surface area contributed by atoms with E-state index in [-0.39, 0.29) is 32.6 Å². The van der Waals surface area contributed by atoms with Gasteiger partial charge in [-0.3, -0.25) is 38.7 Å². The normalized spacial score (nSPS) is 12.1. The fraction of sp³-hybridized carbons (Fsp3) is 0.476. The molecular weight excluding hydrogens is 454 g/mol. The van der Waals surface area contributed by atoms with Crippen molar-refractivity contribution in [2.24, 2.45) is 0 Å². The van der Waals surface area contributed by atoms with Crippen molar-refractivity contribution in [3.8, 4) is 0 Å². The molecule has 0 aromatic heterocycles. The van der Waals surface area contributed by atoms with Crippen molar-refractivity contribution in [3.63, 3.8) is 0 Å². The van der Waals surface area contributed by atoms with Crippen molar-refractivity contribution in [1.82, 2.24) is 14.7 Å².